The number of benzene rings is 2. The number of carbonyl (C=O) groups excluding carboxylic acids is 1. The highest BCUT2D eigenvalue weighted by Gasteiger charge is 2.32. The molecule has 1 fully saturated rings. The minimum atomic E-state index is -3.70. The predicted molar refractivity (Wildman–Crippen MR) is 117 cm³/mol. The van der Waals surface area contributed by atoms with E-state index in [0.29, 0.717) is 24.5 Å². The van der Waals surface area contributed by atoms with Crippen LogP contribution in [0.1, 0.15) is 11.1 Å². The van der Waals surface area contributed by atoms with Gasteiger partial charge in [0.25, 0.3) is 10.0 Å². The summed E-state index contributed by atoms with van der Waals surface area (Å²) in [7, 11) is -2.00. The van der Waals surface area contributed by atoms with Gasteiger partial charge in [-0.2, -0.15) is 8.42 Å². The van der Waals surface area contributed by atoms with Gasteiger partial charge in [0.05, 0.1) is 6.54 Å². The molecule has 0 bridgehead atoms. The van der Waals surface area contributed by atoms with E-state index in [1.165, 1.54) is 6.07 Å². The standard InChI is InChI=1S/C22H24N4O5S/c1-24(22-17-4-2-3-5-20(17)32(28,29)23-22)14-21(27)26-10-8-25(9-11-26)13-16-6-7-18-19(12-16)31-15-30-18/h2-7,12H,8-11,13-15H2,1H3. The van der Waals surface area contributed by atoms with Crippen LogP contribution in [-0.2, 0) is 21.4 Å². The van der Waals surface area contributed by atoms with Crippen molar-refractivity contribution in [3.63, 3.8) is 0 Å². The van der Waals surface area contributed by atoms with Crippen molar-refractivity contribution in [2.75, 3.05) is 46.6 Å². The summed E-state index contributed by atoms with van der Waals surface area (Å²) in [6.07, 6.45) is 0. The third-order valence-corrected chi connectivity index (χ3v) is 7.24. The number of rotatable bonds is 4. The van der Waals surface area contributed by atoms with Crippen LogP contribution in [0.4, 0.5) is 0 Å². The van der Waals surface area contributed by atoms with Gasteiger partial charge in [-0.15, -0.1) is 4.40 Å². The first-order valence-electron chi connectivity index (χ1n) is 10.4. The SMILES string of the molecule is CN(CC(=O)N1CCN(Cc2ccc3c(c2)OCO3)CC1)C1=NS(=O)(=O)c2ccccc21. The van der Waals surface area contributed by atoms with Crippen LogP contribution in [0.5, 0.6) is 11.5 Å². The van der Waals surface area contributed by atoms with E-state index in [1.807, 2.05) is 23.1 Å². The average molecular weight is 457 g/mol. The van der Waals surface area contributed by atoms with Crippen LogP contribution in [0.15, 0.2) is 51.8 Å². The number of carbonyl (C=O) groups is 1. The lowest BCUT2D eigenvalue weighted by Gasteiger charge is -2.35. The smallest absolute Gasteiger partial charge is 0.285 e. The monoisotopic (exact) mass is 456 g/mol. The van der Waals surface area contributed by atoms with Crippen LogP contribution in [0.2, 0.25) is 0 Å². The normalized spacial score (nSPS) is 18.9. The molecule has 2 aromatic carbocycles. The lowest BCUT2D eigenvalue weighted by molar-refractivity contribution is -0.133. The van der Waals surface area contributed by atoms with Gasteiger partial charge >= 0.3 is 0 Å². The highest BCUT2D eigenvalue weighted by Crippen LogP contribution is 2.33. The van der Waals surface area contributed by atoms with Gasteiger partial charge in [0, 0.05) is 45.3 Å². The zero-order valence-corrected chi connectivity index (χ0v) is 18.5. The van der Waals surface area contributed by atoms with Crippen molar-refractivity contribution < 1.29 is 22.7 Å². The Balaban J connectivity index is 1.17. The summed E-state index contributed by atoms with van der Waals surface area (Å²) in [5.41, 5.74) is 1.68. The molecule has 1 saturated heterocycles. The second kappa shape index (κ2) is 8.10. The maximum Gasteiger partial charge on any atom is 0.285 e. The molecule has 9 nitrogen and oxygen atoms in total. The van der Waals surface area contributed by atoms with Crippen molar-refractivity contribution in [3.8, 4) is 11.5 Å². The first-order valence-corrected chi connectivity index (χ1v) is 11.9. The highest BCUT2D eigenvalue weighted by atomic mass is 32.2. The summed E-state index contributed by atoms with van der Waals surface area (Å²) in [6.45, 7) is 3.90. The summed E-state index contributed by atoms with van der Waals surface area (Å²) in [6, 6.07) is 12.7. The number of piperazine rings is 1. The number of nitrogens with zero attached hydrogens (tertiary/aromatic N) is 4. The molecular formula is C22H24N4O5S. The summed E-state index contributed by atoms with van der Waals surface area (Å²) in [5.74, 6) is 1.82. The maximum absolute atomic E-state index is 12.9. The molecule has 32 heavy (non-hydrogen) atoms. The number of amidine groups is 1. The van der Waals surface area contributed by atoms with E-state index in [0.717, 1.165) is 36.7 Å². The Labute approximate surface area is 186 Å². The van der Waals surface area contributed by atoms with Gasteiger partial charge in [-0.05, 0) is 29.8 Å². The van der Waals surface area contributed by atoms with Crippen molar-refractivity contribution in [1.82, 2.24) is 14.7 Å². The maximum atomic E-state index is 12.9. The van der Waals surface area contributed by atoms with Gasteiger partial charge in [-0.3, -0.25) is 9.69 Å². The van der Waals surface area contributed by atoms with Crippen LogP contribution in [0.25, 0.3) is 0 Å². The Morgan fingerprint density at radius 1 is 1.06 bits per heavy atom. The minimum absolute atomic E-state index is 0.0419. The van der Waals surface area contributed by atoms with Crippen molar-refractivity contribution in [3.05, 3.63) is 53.6 Å². The second-order valence-electron chi connectivity index (χ2n) is 8.09. The molecule has 0 aliphatic carbocycles. The van der Waals surface area contributed by atoms with Gasteiger partial charge in [-0.25, -0.2) is 0 Å². The van der Waals surface area contributed by atoms with E-state index in [2.05, 4.69) is 9.30 Å². The molecule has 3 heterocycles. The molecule has 3 aliphatic rings. The molecule has 2 aromatic rings. The molecule has 5 rings (SSSR count). The third kappa shape index (κ3) is 3.91. The Hall–Kier alpha value is -3.11. The van der Waals surface area contributed by atoms with Gasteiger partial charge in [-0.1, -0.05) is 18.2 Å². The topological polar surface area (TPSA) is 91.8 Å². The van der Waals surface area contributed by atoms with Gasteiger partial charge in [0.15, 0.2) is 17.3 Å². The van der Waals surface area contributed by atoms with E-state index in [9.17, 15) is 13.2 Å². The Morgan fingerprint density at radius 2 is 1.81 bits per heavy atom. The van der Waals surface area contributed by atoms with Crippen molar-refractivity contribution in [2.24, 2.45) is 4.40 Å². The molecule has 0 spiro atoms. The zero-order chi connectivity index (χ0) is 22.3. The number of sulfonamides is 1. The van der Waals surface area contributed by atoms with Crippen molar-refractivity contribution in [2.45, 2.75) is 11.4 Å². The fourth-order valence-electron chi connectivity index (χ4n) is 4.19. The predicted octanol–water partition coefficient (Wildman–Crippen LogP) is 1.14. The number of amides is 1. The van der Waals surface area contributed by atoms with E-state index in [1.54, 1.807) is 30.1 Å². The summed E-state index contributed by atoms with van der Waals surface area (Å²) < 4.78 is 39.2. The molecule has 0 radical (unpaired) electrons. The molecule has 0 N–H and O–H groups in total. The third-order valence-electron chi connectivity index (χ3n) is 5.91. The largest absolute Gasteiger partial charge is 0.454 e. The van der Waals surface area contributed by atoms with Gasteiger partial charge < -0.3 is 19.3 Å². The van der Waals surface area contributed by atoms with Crippen LogP contribution >= 0.6 is 0 Å². The zero-order valence-electron chi connectivity index (χ0n) is 17.7. The molecule has 0 saturated carbocycles. The number of hydrogen-bond acceptors (Lipinski definition) is 7. The van der Waals surface area contributed by atoms with E-state index < -0.39 is 10.0 Å². The Kier molecular flexibility index (Phi) is 5.26. The molecule has 168 valence electrons. The summed E-state index contributed by atoms with van der Waals surface area (Å²) in [5, 5.41) is 0. The molecular weight excluding hydrogens is 432 g/mol. The Morgan fingerprint density at radius 3 is 2.62 bits per heavy atom. The molecule has 3 aliphatic heterocycles. The first-order chi connectivity index (χ1) is 15.4. The van der Waals surface area contributed by atoms with E-state index >= 15 is 0 Å². The molecule has 1 amide bonds. The minimum Gasteiger partial charge on any atom is -0.454 e. The quantitative estimate of drug-likeness (QED) is 0.681. The molecule has 0 unspecified atom stereocenters. The van der Waals surface area contributed by atoms with Crippen molar-refractivity contribution in [1.29, 1.82) is 0 Å². The lowest BCUT2D eigenvalue weighted by atomic mass is 10.1. The Bertz CT molecular complexity index is 1190. The molecule has 0 aromatic heterocycles. The number of hydrogen-bond donors (Lipinski definition) is 0. The fourth-order valence-corrected chi connectivity index (χ4v) is 5.45. The number of ether oxygens (including phenoxy) is 2. The van der Waals surface area contributed by atoms with Crippen LogP contribution < -0.4 is 9.47 Å². The van der Waals surface area contributed by atoms with Crippen molar-refractivity contribution >= 4 is 21.8 Å². The summed E-state index contributed by atoms with van der Waals surface area (Å²) >= 11 is 0. The lowest BCUT2D eigenvalue weighted by Crippen LogP contribution is -2.51. The van der Waals surface area contributed by atoms with E-state index in [4.69, 9.17) is 9.47 Å². The van der Waals surface area contributed by atoms with Crippen LogP contribution in [0.3, 0.4) is 0 Å². The summed E-state index contributed by atoms with van der Waals surface area (Å²) in [4.78, 5) is 18.8. The van der Waals surface area contributed by atoms with Crippen LogP contribution in [0, 0.1) is 0 Å². The molecule has 10 heteroatoms. The second-order valence-corrected chi connectivity index (χ2v) is 9.66. The number of fused-ring (bicyclic) bond motifs is 2. The highest BCUT2D eigenvalue weighted by molar-refractivity contribution is 7.90. The van der Waals surface area contributed by atoms with Crippen LogP contribution in [-0.4, -0.2) is 81.4 Å². The number of likely N-dealkylation sites (N-methyl/N-ethyl adjacent to an activating group) is 1. The first kappa shape index (κ1) is 20.8. The van der Waals surface area contributed by atoms with E-state index in [-0.39, 0.29) is 24.1 Å². The average Bonchev–Trinajstić information content (AvgIpc) is 3.36. The van der Waals surface area contributed by atoms with Gasteiger partial charge in [0.2, 0.25) is 12.7 Å². The molecule has 0 atom stereocenters. The van der Waals surface area contributed by atoms with Gasteiger partial charge in [0.1, 0.15) is 4.90 Å². The fraction of sp³-hybridized carbons (Fsp3) is 0.364.